The fraction of sp³-hybridized carbons (Fsp3) is 0.222. The van der Waals surface area contributed by atoms with Crippen LogP contribution in [-0.4, -0.2) is 31.2 Å². The summed E-state index contributed by atoms with van der Waals surface area (Å²) in [5.41, 5.74) is 1.67. The van der Waals surface area contributed by atoms with E-state index in [9.17, 15) is 9.59 Å². The molecule has 7 heteroatoms. The van der Waals surface area contributed by atoms with Gasteiger partial charge in [-0.1, -0.05) is 34.1 Å². The van der Waals surface area contributed by atoms with Crippen LogP contribution in [0.3, 0.4) is 0 Å². The summed E-state index contributed by atoms with van der Waals surface area (Å²) in [5, 5.41) is 2.67. The van der Waals surface area contributed by atoms with E-state index in [2.05, 4.69) is 21.2 Å². The number of aryl methyl sites for hydroxylation is 1. The van der Waals surface area contributed by atoms with Gasteiger partial charge in [-0.25, -0.2) is 4.79 Å². The number of ether oxygens (including phenoxy) is 3. The van der Waals surface area contributed by atoms with Gasteiger partial charge in [0.05, 0.1) is 0 Å². The normalized spacial score (nSPS) is 15.4. The van der Waals surface area contributed by atoms with Gasteiger partial charge in [-0.2, -0.15) is 0 Å². The Morgan fingerprint density at radius 2 is 2.00 bits per heavy atom. The van der Waals surface area contributed by atoms with Gasteiger partial charge in [-0.3, -0.25) is 4.79 Å². The van der Waals surface area contributed by atoms with Crippen molar-refractivity contribution in [3.63, 3.8) is 0 Å². The molecule has 0 unspecified atom stereocenters. The first-order chi connectivity index (χ1) is 12.0. The molecule has 0 radical (unpaired) electrons. The van der Waals surface area contributed by atoms with Crippen LogP contribution in [0.5, 0.6) is 11.5 Å². The topological polar surface area (TPSA) is 73.9 Å². The van der Waals surface area contributed by atoms with Gasteiger partial charge < -0.3 is 19.5 Å². The molecule has 1 N–H and O–H groups in total. The highest BCUT2D eigenvalue weighted by Gasteiger charge is 2.29. The van der Waals surface area contributed by atoms with Crippen LogP contribution in [0.2, 0.25) is 0 Å². The fourth-order valence-corrected chi connectivity index (χ4v) is 2.61. The maximum atomic E-state index is 12.0. The molecule has 0 saturated heterocycles. The van der Waals surface area contributed by atoms with Gasteiger partial charge in [-0.15, -0.1) is 0 Å². The van der Waals surface area contributed by atoms with E-state index in [0.717, 1.165) is 10.0 Å². The zero-order valence-corrected chi connectivity index (χ0v) is 15.0. The van der Waals surface area contributed by atoms with Crippen LogP contribution in [0.25, 0.3) is 0 Å². The largest absolute Gasteiger partial charge is 0.485 e. The van der Waals surface area contributed by atoms with Crippen molar-refractivity contribution in [1.29, 1.82) is 0 Å². The number of hydrogen-bond acceptors (Lipinski definition) is 5. The van der Waals surface area contributed by atoms with E-state index in [1.165, 1.54) is 0 Å². The summed E-state index contributed by atoms with van der Waals surface area (Å²) in [4.78, 5) is 24.0. The van der Waals surface area contributed by atoms with E-state index in [4.69, 9.17) is 14.2 Å². The molecule has 1 aliphatic rings. The number of carbonyl (C=O) groups is 2. The van der Waals surface area contributed by atoms with Crippen LogP contribution in [0.15, 0.2) is 46.9 Å². The monoisotopic (exact) mass is 405 g/mol. The first-order valence-corrected chi connectivity index (χ1v) is 8.43. The molecule has 2 aromatic rings. The van der Waals surface area contributed by atoms with Crippen molar-refractivity contribution in [3.8, 4) is 11.5 Å². The molecule has 130 valence electrons. The molecule has 0 aliphatic carbocycles. The predicted octanol–water partition coefficient (Wildman–Crippen LogP) is 3.08. The van der Waals surface area contributed by atoms with Crippen molar-refractivity contribution in [2.75, 3.05) is 18.5 Å². The van der Waals surface area contributed by atoms with E-state index in [1.54, 1.807) is 30.3 Å². The van der Waals surface area contributed by atoms with Gasteiger partial charge in [0.25, 0.3) is 5.91 Å². The third-order valence-corrected chi connectivity index (χ3v) is 4.43. The zero-order valence-electron chi connectivity index (χ0n) is 13.5. The third-order valence-electron chi connectivity index (χ3n) is 3.57. The van der Waals surface area contributed by atoms with Crippen molar-refractivity contribution in [2.45, 2.75) is 13.0 Å². The number of anilines is 1. The standard InChI is InChI=1S/C18H16BrNO5/c1-11-6-7-12(8-13(11)19)20-17(21)10-24-18(22)16-9-23-14-4-2-3-5-15(14)25-16/h2-8,16H,9-10H2,1H3,(H,20,21)/t16-/m1/s1. The van der Waals surface area contributed by atoms with Crippen molar-refractivity contribution < 1.29 is 23.8 Å². The highest BCUT2D eigenvalue weighted by Crippen LogP contribution is 2.31. The number of carbonyl (C=O) groups excluding carboxylic acids is 2. The number of esters is 1. The van der Waals surface area contributed by atoms with Crippen LogP contribution < -0.4 is 14.8 Å². The Kier molecular flexibility index (Phi) is 5.23. The maximum absolute atomic E-state index is 12.0. The average molecular weight is 406 g/mol. The lowest BCUT2D eigenvalue weighted by Crippen LogP contribution is -2.39. The maximum Gasteiger partial charge on any atom is 0.351 e. The molecule has 1 aliphatic heterocycles. The fourth-order valence-electron chi connectivity index (χ4n) is 2.23. The lowest BCUT2D eigenvalue weighted by molar-refractivity contribution is -0.156. The molecule has 25 heavy (non-hydrogen) atoms. The molecule has 0 bridgehead atoms. The molecule has 1 atom stereocenters. The molecular weight excluding hydrogens is 390 g/mol. The van der Waals surface area contributed by atoms with Crippen LogP contribution in [0.1, 0.15) is 5.56 Å². The highest BCUT2D eigenvalue weighted by molar-refractivity contribution is 9.10. The zero-order chi connectivity index (χ0) is 17.8. The summed E-state index contributed by atoms with van der Waals surface area (Å²) in [7, 11) is 0. The number of nitrogens with one attached hydrogen (secondary N) is 1. The quantitative estimate of drug-likeness (QED) is 0.791. The van der Waals surface area contributed by atoms with Crippen LogP contribution in [-0.2, 0) is 14.3 Å². The second-order valence-electron chi connectivity index (χ2n) is 5.48. The number of para-hydroxylation sites is 2. The molecule has 0 fully saturated rings. The predicted molar refractivity (Wildman–Crippen MR) is 94.8 cm³/mol. The van der Waals surface area contributed by atoms with Gasteiger partial charge in [0.1, 0.15) is 6.61 Å². The molecule has 6 nitrogen and oxygen atoms in total. The highest BCUT2D eigenvalue weighted by atomic mass is 79.9. The van der Waals surface area contributed by atoms with Crippen LogP contribution in [0.4, 0.5) is 5.69 Å². The second kappa shape index (κ2) is 7.57. The summed E-state index contributed by atoms with van der Waals surface area (Å²) >= 11 is 3.40. The number of hydrogen-bond donors (Lipinski definition) is 1. The van der Waals surface area contributed by atoms with Crippen molar-refractivity contribution in [1.82, 2.24) is 0 Å². The summed E-state index contributed by atoms with van der Waals surface area (Å²) in [6.07, 6.45) is -0.892. The van der Waals surface area contributed by atoms with Gasteiger partial charge in [-0.05, 0) is 36.8 Å². The van der Waals surface area contributed by atoms with E-state index in [-0.39, 0.29) is 6.61 Å². The lowest BCUT2D eigenvalue weighted by Gasteiger charge is -2.24. The van der Waals surface area contributed by atoms with Crippen molar-refractivity contribution >= 4 is 33.5 Å². The summed E-state index contributed by atoms with van der Waals surface area (Å²) < 4.78 is 16.9. The Labute approximate surface area is 153 Å². The lowest BCUT2D eigenvalue weighted by atomic mass is 10.2. The molecule has 0 saturated carbocycles. The number of benzene rings is 2. The molecule has 1 amide bonds. The average Bonchev–Trinajstić information content (AvgIpc) is 2.62. The van der Waals surface area contributed by atoms with Crippen LogP contribution in [0, 0.1) is 6.92 Å². The molecular formula is C18H16BrNO5. The summed E-state index contributed by atoms with van der Waals surface area (Å²) in [6.45, 7) is 1.59. The van der Waals surface area contributed by atoms with E-state index < -0.39 is 24.6 Å². The minimum Gasteiger partial charge on any atom is -0.485 e. The Hall–Kier alpha value is -2.54. The van der Waals surface area contributed by atoms with Gasteiger partial charge in [0, 0.05) is 10.2 Å². The number of fused-ring (bicyclic) bond motifs is 1. The smallest absolute Gasteiger partial charge is 0.351 e. The SMILES string of the molecule is Cc1ccc(NC(=O)COC(=O)[C@H]2COc3ccccc3O2)cc1Br. The Morgan fingerprint density at radius 3 is 2.76 bits per heavy atom. The van der Waals surface area contributed by atoms with Gasteiger partial charge in [0.2, 0.25) is 6.10 Å². The van der Waals surface area contributed by atoms with E-state index in [1.807, 2.05) is 19.1 Å². The first kappa shape index (κ1) is 17.3. The first-order valence-electron chi connectivity index (χ1n) is 7.64. The number of amides is 1. The minimum absolute atomic E-state index is 0.0440. The molecule has 2 aromatic carbocycles. The molecule has 1 heterocycles. The van der Waals surface area contributed by atoms with E-state index in [0.29, 0.717) is 17.2 Å². The summed E-state index contributed by atoms with van der Waals surface area (Å²) in [5.74, 6) is -0.0186. The summed E-state index contributed by atoms with van der Waals surface area (Å²) in [6, 6.07) is 12.5. The third kappa shape index (κ3) is 4.30. The van der Waals surface area contributed by atoms with Crippen LogP contribution >= 0.6 is 15.9 Å². The Bertz CT molecular complexity index is 808. The second-order valence-corrected chi connectivity index (χ2v) is 6.34. The van der Waals surface area contributed by atoms with Crippen molar-refractivity contribution in [2.24, 2.45) is 0 Å². The van der Waals surface area contributed by atoms with E-state index >= 15 is 0 Å². The number of halogens is 1. The Morgan fingerprint density at radius 1 is 1.24 bits per heavy atom. The van der Waals surface area contributed by atoms with Gasteiger partial charge in [0.15, 0.2) is 18.1 Å². The number of rotatable bonds is 4. The van der Waals surface area contributed by atoms with Gasteiger partial charge >= 0.3 is 5.97 Å². The molecule has 0 aromatic heterocycles. The minimum atomic E-state index is -0.892. The Balaban J connectivity index is 1.50. The molecule has 3 rings (SSSR count). The van der Waals surface area contributed by atoms with Crippen molar-refractivity contribution in [3.05, 3.63) is 52.5 Å². The molecule has 0 spiro atoms.